The first-order valence-electron chi connectivity index (χ1n) is 5.44. The average molecular weight is 246 g/mol. The first kappa shape index (κ1) is 12.0. The second kappa shape index (κ2) is 5.27. The van der Waals surface area contributed by atoms with Gasteiger partial charge in [-0.15, -0.1) is 0 Å². The molecule has 0 saturated carbocycles. The van der Waals surface area contributed by atoms with E-state index in [0.717, 1.165) is 11.3 Å². The van der Waals surface area contributed by atoms with Gasteiger partial charge in [0.05, 0.1) is 12.8 Å². The molecule has 0 atom stereocenters. The molecule has 18 heavy (non-hydrogen) atoms. The van der Waals surface area contributed by atoms with E-state index in [0.29, 0.717) is 12.4 Å². The Kier molecular flexibility index (Phi) is 3.52. The van der Waals surface area contributed by atoms with Gasteiger partial charge in [-0.1, -0.05) is 6.07 Å². The molecule has 0 spiro atoms. The number of hydrogen-bond acceptors (Lipinski definition) is 5. The summed E-state index contributed by atoms with van der Waals surface area (Å²) >= 11 is 0. The Bertz CT molecular complexity index is 544. The second-order valence-electron chi connectivity index (χ2n) is 3.74. The molecule has 5 heteroatoms. The first-order chi connectivity index (χ1) is 8.70. The van der Waals surface area contributed by atoms with E-state index >= 15 is 0 Å². The van der Waals surface area contributed by atoms with Crippen LogP contribution in [-0.2, 0) is 6.54 Å². The number of hydrogen-bond donors (Lipinski definition) is 3. The van der Waals surface area contributed by atoms with E-state index < -0.39 is 0 Å². The molecule has 0 aliphatic rings. The van der Waals surface area contributed by atoms with Gasteiger partial charge in [0, 0.05) is 12.7 Å². The van der Waals surface area contributed by atoms with Gasteiger partial charge in [-0.05, 0) is 29.8 Å². The normalized spacial score (nSPS) is 10.1. The summed E-state index contributed by atoms with van der Waals surface area (Å²) in [6, 6.07) is 8.34. The number of methoxy groups -OCH3 is 1. The SMILES string of the molecule is COc1ncccc1NCc1ccc(O)c(O)c1. The lowest BCUT2D eigenvalue weighted by atomic mass is 10.2. The van der Waals surface area contributed by atoms with E-state index in [1.807, 2.05) is 6.07 Å². The number of aromatic hydroxyl groups is 2. The number of aromatic nitrogens is 1. The molecule has 0 aliphatic heterocycles. The lowest BCUT2D eigenvalue weighted by molar-refractivity contribution is 0.399. The number of phenols is 2. The fraction of sp³-hybridized carbons (Fsp3) is 0.154. The van der Waals surface area contributed by atoms with Gasteiger partial charge in [0.1, 0.15) is 0 Å². The molecule has 1 aromatic heterocycles. The molecule has 0 aliphatic carbocycles. The van der Waals surface area contributed by atoms with Crippen molar-refractivity contribution < 1.29 is 14.9 Å². The van der Waals surface area contributed by atoms with Gasteiger partial charge in [-0.2, -0.15) is 0 Å². The summed E-state index contributed by atoms with van der Waals surface area (Å²) in [6.07, 6.45) is 1.65. The third-order valence-corrected chi connectivity index (χ3v) is 2.49. The first-order valence-corrected chi connectivity index (χ1v) is 5.44. The zero-order valence-corrected chi connectivity index (χ0v) is 9.92. The van der Waals surface area contributed by atoms with Crippen LogP contribution >= 0.6 is 0 Å². The van der Waals surface area contributed by atoms with E-state index in [1.165, 1.54) is 12.1 Å². The standard InChI is InChI=1S/C13H14N2O3/c1-18-13-10(3-2-6-14-13)15-8-9-4-5-11(16)12(17)7-9/h2-7,15-17H,8H2,1H3. The summed E-state index contributed by atoms with van der Waals surface area (Å²) in [7, 11) is 1.56. The molecule has 1 heterocycles. The second-order valence-corrected chi connectivity index (χ2v) is 3.74. The van der Waals surface area contributed by atoms with Crippen molar-refractivity contribution in [3.05, 3.63) is 42.1 Å². The molecule has 0 unspecified atom stereocenters. The van der Waals surface area contributed by atoms with Crippen LogP contribution in [0.3, 0.4) is 0 Å². The van der Waals surface area contributed by atoms with E-state index in [9.17, 15) is 10.2 Å². The largest absolute Gasteiger partial charge is 0.504 e. The van der Waals surface area contributed by atoms with Crippen LogP contribution in [0, 0.1) is 0 Å². The minimum absolute atomic E-state index is 0.127. The third-order valence-electron chi connectivity index (χ3n) is 2.49. The molecule has 5 nitrogen and oxygen atoms in total. The third kappa shape index (κ3) is 2.63. The number of rotatable bonds is 4. The Morgan fingerprint density at radius 3 is 2.78 bits per heavy atom. The fourth-order valence-corrected chi connectivity index (χ4v) is 1.56. The molecule has 1 aromatic carbocycles. The number of phenolic OH excluding ortho intramolecular Hbond substituents is 2. The Morgan fingerprint density at radius 1 is 1.22 bits per heavy atom. The number of anilines is 1. The highest BCUT2D eigenvalue weighted by atomic mass is 16.5. The van der Waals surface area contributed by atoms with Crippen LogP contribution < -0.4 is 10.1 Å². The van der Waals surface area contributed by atoms with Gasteiger partial charge in [-0.3, -0.25) is 0 Å². The van der Waals surface area contributed by atoms with Gasteiger partial charge < -0.3 is 20.3 Å². The van der Waals surface area contributed by atoms with E-state index in [2.05, 4.69) is 10.3 Å². The van der Waals surface area contributed by atoms with Crippen LogP contribution in [0.4, 0.5) is 5.69 Å². The predicted molar refractivity (Wildman–Crippen MR) is 67.9 cm³/mol. The smallest absolute Gasteiger partial charge is 0.237 e. The molecule has 94 valence electrons. The maximum Gasteiger partial charge on any atom is 0.237 e. The number of benzene rings is 1. The predicted octanol–water partition coefficient (Wildman–Crippen LogP) is 2.11. The van der Waals surface area contributed by atoms with Crippen molar-refractivity contribution in [1.29, 1.82) is 0 Å². The number of nitrogens with zero attached hydrogens (tertiary/aromatic N) is 1. The monoisotopic (exact) mass is 246 g/mol. The molecule has 2 rings (SSSR count). The van der Waals surface area contributed by atoms with Crippen molar-refractivity contribution in [2.24, 2.45) is 0 Å². The summed E-state index contributed by atoms with van der Waals surface area (Å²) in [5.74, 6) is 0.255. The van der Waals surface area contributed by atoms with Crippen LogP contribution in [0.1, 0.15) is 5.56 Å². The molecule has 2 aromatic rings. The minimum atomic E-state index is -0.132. The van der Waals surface area contributed by atoms with Gasteiger partial charge in [-0.25, -0.2) is 4.98 Å². The van der Waals surface area contributed by atoms with E-state index in [-0.39, 0.29) is 11.5 Å². The molecule has 0 saturated heterocycles. The summed E-state index contributed by atoms with van der Waals surface area (Å²) in [4.78, 5) is 4.07. The highest BCUT2D eigenvalue weighted by molar-refractivity contribution is 5.52. The van der Waals surface area contributed by atoms with Crippen LogP contribution in [0.2, 0.25) is 0 Å². The van der Waals surface area contributed by atoms with E-state index in [4.69, 9.17) is 4.74 Å². The van der Waals surface area contributed by atoms with Crippen LogP contribution in [0.15, 0.2) is 36.5 Å². The molecule has 3 N–H and O–H groups in total. The van der Waals surface area contributed by atoms with Crippen molar-refractivity contribution in [2.75, 3.05) is 12.4 Å². The average Bonchev–Trinajstić information content (AvgIpc) is 2.40. The number of nitrogens with one attached hydrogen (secondary N) is 1. The number of pyridine rings is 1. The molecule has 0 amide bonds. The topological polar surface area (TPSA) is 74.6 Å². The summed E-state index contributed by atoms with van der Waals surface area (Å²) in [6.45, 7) is 0.496. The maximum atomic E-state index is 9.38. The molecule has 0 fully saturated rings. The summed E-state index contributed by atoms with van der Waals surface area (Å²) in [5.41, 5.74) is 1.61. The van der Waals surface area contributed by atoms with Crippen LogP contribution in [0.25, 0.3) is 0 Å². The van der Waals surface area contributed by atoms with Crippen molar-refractivity contribution in [3.8, 4) is 17.4 Å². The number of ether oxygens (including phenoxy) is 1. The van der Waals surface area contributed by atoms with Crippen molar-refractivity contribution in [2.45, 2.75) is 6.54 Å². The molecular weight excluding hydrogens is 232 g/mol. The van der Waals surface area contributed by atoms with E-state index in [1.54, 1.807) is 25.4 Å². The lowest BCUT2D eigenvalue weighted by Gasteiger charge is -2.10. The molecule has 0 radical (unpaired) electrons. The van der Waals surface area contributed by atoms with Crippen molar-refractivity contribution in [3.63, 3.8) is 0 Å². The van der Waals surface area contributed by atoms with Gasteiger partial charge >= 0.3 is 0 Å². The lowest BCUT2D eigenvalue weighted by Crippen LogP contribution is -2.02. The maximum absolute atomic E-state index is 9.38. The van der Waals surface area contributed by atoms with Crippen LogP contribution in [-0.4, -0.2) is 22.3 Å². The quantitative estimate of drug-likeness (QED) is 0.720. The Balaban J connectivity index is 2.09. The Morgan fingerprint density at radius 2 is 2.06 bits per heavy atom. The Hall–Kier alpha value is -2.43. The van der Waals surface area contributed by atoms with Crippen LogP contribution in [0.5, 0.6) is 17.4 Å². The van der Waals surface area contributed by atoms with Gasteiger partial charge in [0.15, 0.2) is 11.5 Å². The highest BCUT2D eigenvalue weighted by Gasteiger charge is 2.04. The zero-order valence-electron chi connectivity index (χ0n) is 9.92. The van der Waals surface area contributed by atoms with Gasteiger partial charge in [0.25, 0.3) is 0 Å². The van der Waals surface area contributed by atoms with Crippen molar-refractivity contribution >= 4 is 5.69 Å². The molecular formula is C13H14N2O3. The summed E-state index contributed by atoms with van der Waals surface area (Å²) < 4.78 is 5.11. The summed E-state index contributed by atoms with van der Waals surface area (Å²) in [5, 5.41) is 21.7. The minimum Gasteiger partial charge on any atom is -0.504 e. The van der Waals surface area contributed by atoms with Crippen molar-refractivity contribution in [1.82, 2.24) is 4.98 Å². The fourth-order valence-electron chi connectivity index (χ4n) is 1.56. The highest BCUT2D eigenvalue weighted by Crippen LogP contribution is 2.26. The Labute approximate surface area is 105 Å². The van der Waals surface area contributed by atoms with Gasteiger partial charge in [0.2, 0.25) is 5.88 Å². The zero-order chi connectivity index (χ0) is 13.0. The molecule has 0 bridgehead atoms.